The minimum absolute atomic E-state index is 0.0244. The molecule has 2 N–H and O–H groups in total. The van der Waals surface area contributed by atoms with Gasteiger partial charge in [0.05, 0.1) is 12.1 Å². The summed E-state index contributed by atoms with van der Waals surface area (Å²) in [5, 5.41) is 8.74. The molecule has 9 heteroatoms. The predicted molar refractivity (Wildman–Crippen MR) is 80.5 cm³/mol. The molecule has 2 aromatic heterocycles. The van der Waals surface area contributed by atoms with Gasteiger partial charge in [-0.25, -0.2) is 13.4 Å². The van der Waals surface area contributed by atoms with E-state index in [0.29, 0.717) is 4.88 Å². The van der Waals surface area contributed by atoms with Gasteiger partial charge in [0.25, 0.3) is 10.0 Å². The van der Waals surface area contributed by atoms with Crippen molar-refractivity contribution in [1.29, 1.82) is 0 Å². The Kier molecular flexibility index (Phi) is 4.50. The van der Waals surface area contributed by atoms with Crippen LogP contribution >= 0.6 is 22.9 Å². The number of sulfonamides is 1. The summed E-state index contributed by atoms with van der Waals surface area (Å²) in [5.41, 5.74) is 0.944. The first-order chi connectivity index (χ1) is 9.78. The van der Waals surface area contributed by atoms with E-state index < -0.39 is 16.0 Å². The zero-order valence-electron chi connectivity index (χ0n) is 10.8. The van der Waals surface area contributed by atoms with Gasteiger partial charge >= 0.3 is 5.97 Å². The predicted octanol–water partition coefficient (Wildman–Crippen LogP) is 2.53. The van der Waals surface area contributed by atoms with Crippen molar-refractivity contribution in [3.8, 4) is 0 Å². The number of carboxylic acid groups (broad SMARTS) is 1. The molecule has 112 valence electrons. The number of hydrogen-bond acceptors (Lipinski definition) is 5. The third kappa shape index (κ3) is 3.93. The highest BCUT2D eigenvalue weighted by atomic mass is 35.5. The van der Waals surface area contributed by atoms with Gasteiger partial charge in [-0.2, -0.15) is 0 Å². The lowest BCUT2D eigenvalue weighted by atomic mass is 10.3. The summed E-state index contributed by atoms with van der Waals surface area (Å²) in [6, 6.07) is 4.41. The van der Waals surface area contributed by atoms with E-state index >= 15 is 0 Å². The van der Waals surface area contributed by atoms with E-state index in [1.54, 1.807) is 13.0 Å². The molecule has 0 unspecified atom stereocenters. The summed E-state index contributed by atoms with van der Waals surface area (Å²) in [7, 11) is -3.82. The van der Waals surface area contributed by atoms with E-state index in [9.17, 15) is 13.2 Å². The maximum Gasteiger partial charge on any atom is 0.308 e. The number of anilines is 1. The molecular formula is C12H11ClN2O4S2. The Morgan fingerprint density at radius 1 is 1.48 bits per heavy atom. The van der Waals surface area contributed by atoms with E-state index in [1.807, 2.05) is 0 Å². The second kappa shape index (κ2) is 6.00. The van der Waals surface area contributed by atoms with Crippen molar-refractivity contribution < 1.29 is 18.3 Å². The van der Waals surface area contributed by atoms with Crippen molar-refractivity contribution in [1.82, 2.24) is 4.98 Å². The highest BCUT2D eigenvalue weighted by molar-refractivity contribution is 7.94. The number of aromatic nitrogens is 1. The monoisotopic (exact) mass is 346 g/mol. The number of aryl methyl sites for hydroxylation is 1. The molecule has 0 aliphatic carbocycles. The Labute approximate surface area is 130 Å². The maximum absolute atomic E-state index is 12.2. The number of carbonyl (C=O) groups is 1. The van der Waals surface area contributed by atoms with Crippen LogP contribution in [0.2, 0.25) is 5.15 Å². The minimum Gasteiger partial charge on any atom is -0.481 e. The number of thiophene rings is 1. The molecule has 0 radical (unpaired) electrons. The van der Waals surface area contributed by atoms with Crippen molar-refractivity contribution in [3.63, 3.8) is 0 Å². The molecule has 2 heterocycles. The largest absolute Gasteiger partial charge is 0.481 e. The average Bonchev–Trinajstić information content (AvgIpc) is 2.82. The molecule has 0 saturated heterocycles. The van der Waals surface area contributed by atoms with Crippen molar-refractivity contribution in [2.24, 2.45) is 0 Å². The van der Waals surface area contributed by atoms with E-state index in [2.05, 4.69) is 9.71 Å². The van der Waals surface area contributed by atoms with E-state index in [1.165, 1.54) is 18.3 Å². The molecule has 0 aromatic carbocycles. The smallest absolute Gasteiger partial charge is 0.308 e. The number of aliphatic carboxylic acids is 1. The van der Waals surface area contributed by atoms with E-state index in [0.717, 1.165) is 16.9 Å². The Hall–Kier alpha value is -1.64. The van der Waals surface area contributed by atoms with Gasteiger partial charge in [0, 0.05) is 11.1 Å². The Balaban J connectivity index is 2.28. The second-order valence-electron chi connectivity index (χ2n) is 4.25. The third-order valence-corrected chi connectivity index (χ3v) is 5.69. The van der Waals surface area contributed by atoms with Crippen LogP contribution in [0.4, 0.5) is 5.69 Å². The van der Waals surface area contributed by atoms with Gasteiger partial charge in [0.1, 0.15) is 4.21 Å². The third-order valence-electron chi connectivity index (χ3n) is 2.45. The first-order valence-corrected chi connectivity index (χ1v) is 8.41. The van der Waals surface area contributed by atoms with E-state index in [-0.39, 0.29) is 21.5 Å². The number of hydrogen-bond donors (Lipinski definition) is 2. The molecule has 0 saturated carbocycles. The Bertz CT molecular complexity index is 786. The SMILES string of the molecule is Cc1cnc(Cl)c(NS(=O)(=O)c2ccc(CC(=O)O)s2)c1. The summed E-state index contributed by atoms with van der Waals surface area (Å²) in [5.74, 6) is -1.01. The molecule has 0 atom stereocenters. The zero-order valence-corrected chi connectivity index (χ0v) is 13.2. The summed E-state index contributed by atoms with van der Waals surface area (Å²) in [4.78, 5) is 14.9. The highest BCUT2D eigenvalue weighted by Crippen LogP contribution is 2.27. The highest BCUT2D eigenvalue weighted by Gasteiger charge is 2.19. The normalized spacial score (nSPS) is 11.3. The summed E-state index contributed by atoms with van der Waals surface area (Å²) in [6.45, 7) is 1.76. The number of nitrogens with zero attached hydrogens (tertiary/aromatic N) is 1. The average molecular weight is 347 g/mol. The van der Waals surface area contributed by atoms with Gasteiger partial charge in [-0.15, -0.1) is 11.3 Å². The Morgan fingerprint density at radius 3 is 2.86 bits per heavy atom. The lowest BCUT2D eigenvalue weighted by molar-refractivity contribution is -0.136. The topological polar surface area (TPSA) is 96.4 Å². The maximum atomic E-state index is 12.2. The van der Waals surface area contributed by atoms with Crippen LogP contribution < -0.4 is 4.72 Å². The van der Waals surface area contributed by atoms with Gasteiger partial charge in [-0.05, 0) is 30.7 Å². The minimum atomic E-state index is -3.82. The fraction of sp³-hybridized carbons (Fsp3) is 0.167. The first-order valence-electron chi connectivity index (χ1n) is 5.73. The molecule has 2 rings (SSSR count). The molecule has 0 aliphatic heterocycles. The number of carboxylic acids is 1. The van der Waals surface area contributed by atoms with Gasteiger partial charge in [-0.3, -0.25) is 9.52 Å². The lowest BCUT2D eigenvalue weighted by Gasteiger charge is -2.08. The van der Waals surface area contributed by atoms with Gasteiger partial charge in [0.15, 0.2) is 5.15 Å². The second-order valence-corrected chi connectivity index (χ2v) is 7.68. The number of halogens is 1. The van der Waals surface area contributed by atoms with Gasteiger partial charge < -0.3 is 5.11 Å². The molecule has 0 aliphatic rings. The van der Waals surface area contributed by atoms with E-state index in [4.69, 9.17) is 16.7 Å². The molecule has 0 amide bonds. The van der Waals surface area contributed by atoms with Crippen LogP contribution in [-0.2, 0) is 21.2 Å². The van der Waals surface area contributed by atoms with Crippen LogP contribution in [0.5, 0.6) is 0 Å². The van der Waals surface area contributed by atoms with Crippen molar-refractivity contribution in [2.45, 2.75) is 17.6 Å². The molecular weight excluding hydrogens is 336 g/mol. The van der Waals surface area contributed by atoms with Gasteiger partial charge in [-0.1, -0.05) is 11.6 Å². The van der Waals surface area contributed by atoms with Crippen LogP contribution in [0.3, 0.4) is 0 Å². The van der Waals surface area contributed by atoms with Crippen molar-refractivity contribution in [3.05, 3.63) is 40.0 Å². The van der Waals surface area contributed by atoms with Crippen molar-refractivity contribution >= 4 is 44.6 Å². The van der Waals surface area contributed by atoms with Crippen LogP contribution in [0.25, 0.3) is 0 Å². The molecule has 0 fully saturated rings. The van der Waals surface area contributed by atoms with Crippen LogP contribution in [0, 0.1) is 6.92 Å². The van der Waals surface area contributed by atoms with Crippen LogP contribution in [-0.4, -0.2) is 24.5 Å². The molecule has 0 spiro atoms. The summed E-state index contributed by atoms with van der Waals surface area (Å²) < 4.78 is 26.8. The number of pyridine rings is 1. The number of nitrogens with one attached hydrogen (secondary N) is 1. The Morgan fingerprint density at radius 2 is 2.19 bits per heavy atom. The first kappa shape index (κ1) is 15.7. The van der Waals surface area contributed by atoms with Crippen LogP contribution in [0.15, 0.2) is 28.6 Å². The quantitative estimate of drug-likeness (QED) is 0.811. The lowest BCUT2D eigenvalue weighted by Crippen LogP contribution is -2.12. The number of rotatable bonds is 5. The fourth-order valence-corrected chi connectivity index (χ4v) is 4.18. The summed E-state index contributed by atoms with van der Waals surface area (Å²) in [6.07, 6.45) is 1.31. The molecule has 2 aromatic rings. The summed E-state index contributed by atoms with van der Waals surface area (Å²) >= 11 is 6.75. The standard InChI is InChI=1S/C12H11ClN2O4S2/c1-7-4-9(12(13)14-6-7)15-21(18,19)11-3-2-8(20-11)5-10(16)17/h2-4,6,15H,5H2,1H3,(H,16,17). The molecule has 0 bridgehead atoms. The van der Waals surface area contributed by atoms with Gasteiger partial charge in [0.2, 0.25) is 0 Å². The van der Waals surface area contributed by atoms with Crippen molar-refractivity contribution in [2.75, 3.05) is 4.72 Å². The fourth-order valence-electron chi connectivity index (χ4n) is 1.57. The molecule has 6 nitrogen and oxygen atoms in total. The molecule has 21 heavy (non-hydrogen) atoms. The zero-order chi connectivity index (χ0) is 15.6. The van der Waals surface area contributed by atoms with Crippen LogP contribution in [0.1, 0.15) is 10.4 Å².